The van der Waals surface area contributed by atoms with Crippen LogP contribution in [0.1, 0.15) is 16.7 Å². The lowest BCUT2D eigenvalue weighted by Crippen LogP contribution is -1.89. The molecule has 5 nitrogen and oxygen atoms in total. The first-order chi connectivity index (χ1) is 12.0. The van der Waals surface area contributed by atoms with Crippen LogP contribution in [0, 0.1) is 0 Å². The molecule has 0 aliphatic carbocycles. The van der Waals surface area contributed by atoms with Crippen molar-refractivity contribution in [2.24, 2.45) is 0 Å². The summed E-state index contributed by atoms with van der Waals surface area (Å²) < 4.78 is 0. The zero-order valence-corrected chi connectivity index (χ0v) is 13.3. The van der Waals surface area contributed by atoms with Gasteiger partial charge in [0.25, 0.3) is 0 Å². The average Bonchev–Trinajstić information content (AvgIpc) is 2.60. The second-order valence-corrected chi connectivity index (χ2v) is 5.28. The number of benzene rings is 2. The van der Waals surface area contributed by atoms with Crippen molar-refractivity contribution in [3.05, 3.63) is 83.1 Å². The highest BCUT2D eigenvalue weighted by Gasteiger charge is 2.00. The van der Waals surface area contributed by atoms with Gasteiger partial charge < -0.3 is 20.4 Å². The maximum atomic E-state index is 11.8. The van der Waals surface area contributed by atoms with Crippen LogP contribution in [-0.2, 0) is 11.4 Å². The Morgan fingerprint density at radius 1 is 0.920 bits per heavy atom. The van der Waals surface area contributed by atoms with Crippen molar-refractivity contribution in [2.45, 2.75) is 6.61 Å². The number of rotatable bonds is 6. The average molecular weight is 338 g/mol. The highest BCUT2D eigenvalue weighted by atomic mass is 16.3. The fourth-order valence-electron chi connectivity index (χ4n) is 2.02. The fraction of sp³-hybridized carbons (Fsp3) is 0.0500. The van der Waals surface area contributed by atoms with Crippen LogP contribution >= 0.6 is 0 Å². The largest absolute Gasteiger partial charge is 0.508 e. The molecule has 5 heteroatoms. The Labute approximate surface area is 145 Å². The molecule has 0 atom stereocenters. The molecule has 25 heavy (non-hydrogen) atoms. The van der Waals surface area contributed by atoms with Gasteiger partial charge in [-0.3, -0.25) is 4.79 Å². The van der Waals surface area contributed by atoms with Crippen molar-refractivity contribution in [2.75, 3.05) is 0 Å². The van der Waals surface area contributed by atoms with E-state index in [1.807, 2.05) is 0 Å². The van der Waals surface area contributed by atoms with E-state index in [4.69, 9.17) is 5.11 Å². The molecule has 4 N–H and O–H groups in total. The Balaban J connectivity index is 2.02. The molecule has 0 radical (unpaired) electrons. The standard InChI is InChI=1S/C20H18O5/c21-13-16-11-15(5-10-20(16)25)4-9-19(24)12-18(23)8-3-14-1-6-17(22)7-2-14/h1-12,21-23,25H,13H2/b8-3+,9-4+,18-12-. The molecule has 0 spiro atoms. The molecule has 0 aromatic heterocycles. The van der Waals surface area contributed by atoms with Crippen molar-refractivity contribution >= 4 is 17.9 Å². The van der Waals surface area contributed by atoms with Crippen LogP contribution in [0.4, 0.5) is 0 Å². The lowest BCUT2D eigenvalue weighted by molar-refractivity contribution is -0.110. The van der Waals surface area contributed by atoms with Gasteiger partial charge in [0.05, 0.1) is 6.61 Å². The molecule has 2 rings (SSSR count). The molecule has 128 valence electrons. The van der Waals surface area contributed by atoms with Crippen LogP contribution in [-0.4, -0.2) is 26.2 Å². The van der Waals surface area contributed by atoms with Crippen LogP contribution in [0.5, 0.6) is 11.5 Å². The number of aliphatic hydroxyl groups is 2. The lowest BCUT2D eigenvalue weighted by Gasteiger charge is -2.01. The van der Waals surface area contributed by atoms with Crippen molar-refractivity contribution < 1.29 is 25.2 Å². The number of hydrogen-bond acceptors (Lipinski definition) is 5. The number of aliphatic hydroxyl groups excluding tert-OH is 2. The first kappa shape index (κ1) is 18.0. The first-order valence-corrected chi connectivity index (χ1v) is 7.50. The van der Waals surface area contributed by atoms with Gasteiger partial charge >= 0.3 is 0 Å². The maximum absolute atomic E-state index is 11.8. The molecule has 0 amide bonds. The quantitative estimate of drug-likeness (QED) is 0.368. The van der Waals surface area contributed by atoms with Gasteiger partial charge in [0.2, 0.25) is 0 Å². The second kappa shape index (κ2) is 8.52. The Morgan fingerprint density at radius 3 is 2.24 bits per heavy atom. The molecule has 2 aromatic rings. The summed E-state index contributed by atoms with van der Waals surface area (Å²) in [7, 11) is 0. The highest BCUT2D eigenvalue weighted by molar-refractivity contribution is 6.02. The van der Waals surface area contributed by atoms with Crippen LogP contribution in [0.25, 0.3) is 12.2 Å². The molecule has 0 heterocycles. The zero-order chi connectivity index (χ0) is 18.2. The molecular weight excluding hydrogens is 320 g/mol. The number of hydrogen-bond donors (Lipinski definition) is 4. The topological polar surface area (TPSA) is 98.0 Å². The van der Waals surface area contributed by atoms with Gasteiger partial charge in [-0.05, 0) is 47.5 Å². The normalized spacial score (nSPS) is 12.1. The van der Waals surface area contributed by atoms with E-state index in [-0.39, 0.29) is 23.9 Å². The fourth-order valence-corrected chi connectivity index (χ4v) is 2.02. The van der Waals surface area contributed by atoms with Crippen molar-refractivity contribution in [1.29, 1.82) is 0 Å². The van der Waals surface area contributed by atoms with Gasteiger partial charge in [0.1, 0.15) is 17.3 Å². The molecule has 0 unspecified atom stereocenters. The minimum atomic E-state index is -0.411. The van der Waals surface area contributed by atoms with Crippen molar-refractivity contribution in [3.8, 4) is 11.5 Å². The predicted octanol–water partition coefficient (Wildman–Crippen LogP) is 3.33. The van der Waals surface area contributed by atoms with Gasteiger partial charge in [-0.1, -0.05) is 30.4 Å². The molecule has 0 aliphatic heterocycles. The summed E-state index contributed by atoms with van der Waals surface area (Å²) in [4.78, 5) is 11.8. The zero-order valence-electron chi connectivity index (χ0n) is 13.3. The third-order valence-corrected chi connectivity index (χ3v) is 3.34. The molecule has 0 fully saturated rings. The third kappa shape index (κ3) is 5.67. The van der Waals surface area contributed by atoms with E-state index >= 15 is 0 Å². The van der Waals surface area contributed by atoms with E-state index in [1.54, 1.807) is 30.3 Å². The summed E-state index contributed by atoms with van der Waals surface area (Å²) in [5, 5.41) is 37.5. The first-order valence-electron chi connectivity index (χ1n) is 7.50. The van der Waals surface area contributed by atoms with Crippen molar-refractivity contribution in [1.82, 2.24) is 0 Å². The molecular formula is C20H18O5. The van der Waals surface area contributed by atoms with E-state index in [9.17, 15) is 20.1 Å². The Bertz CT molecular complexity index is 830. The Kier molecular flexibility index (Phi) is 6.14. The Morgan fingerprint density at radius 2 is 1.56 bits per heavy atom. The van der Waals surface area contributed by atoms with E-state index in [0.717, 1.165) is 11.6 Å². The number of aromatic hydroxyl groups is 2. The van der Waals surface area contributed by atoms with Gasteiger partial charge in [-0.25, -0.2) is 0 Å². The number of phenols is 2. The monoisotopic (exact) mass is 338 g/mol. The summed E-state index contributed by atoms with van der Waals surface area (Å²) in [6.45, 7) is -0.301. The summed E-state index contributed by atoms with van der Waals surface area (Å²) in [5.41, 5.74) is 1.77. The highest BCUT2D eigenvalue weighted by Crippen LogP contribution is 2.19. The van der Waals surface area contributed by atoms with E-state index in [2.05, 4.69) is 0 Å². The number of carbonyl (C=O) groups excluding carboxylic acids is 1. The van der Waals surface area contributed by atoms with Crippen LogP contribution in [0.15, 0.2) is 66.5 Å². The molecule has 0 bridgehead atoms. The Hall–Kier alpha value is -3.31. The van der Waals surface area contributed by atoms with E-state index in [0.29, 0.717) is 11.1 Å². The lowest BCUT2D eigenvalue weighted by atomic mass is 10.1. The predicted molar refractivity (Wildman–Crippen MR) is 95.9 cm³/mol. The summed E-state index contributed by atoms with van der Waals surface area (Å²) in [5.74, 6) is -0.477. The van der Waals surface area contributed by atoms with Crippen LogP contribution in [0.3, 0.4) is 0 Å². The van der Waals surface area contributed by atoms with Gasteiger partial charge in [-0.15, -0.1) is 0 Å². The maximum Gasteiger partial charge on any atom is 0.182 e. The van der Waals surface area contributed by atoms with Crippen molar-refractivity contribution in [3.63, 3.8) is 0 Å². The minimum absolute atomic E-state index is 0.0112. The summed E-state index contributed by atoms with van der Waals surface area (Å²) in [6.07, 6.45) is 6.85. The summed E-state index contributed by atoms with van der Waals surface area (Å²) in [6, 6.07) is 11.0. The molecule has 0 saturated carbocycles. The SMILES string of the molecule is O=C(/C=C(O)/C=C/c1ccc(O)cc1)/C=C/c1ccc(O)c(CO)c1. The minimum Gasteiger partial charge on any atom is -0.508 e. The summed E-state index contributed by atoms with van der Waals surface area (Å²) >= 11 is 0. The van der Waals surface area contributed by atoms with Crippen LogP contribution in [0.2, 0.25) is 0 Å². The molecule has 2 aromatic carbocycles. The van der Waals surface area contributed by atoms with Gasteiger partial charge in [0, 0.05) is 11.6 Å². The van der Waals surface area contributed by atoms with Gasteiger partial charge in [-0.2, -0.15) is 0 Å². The third-order valence-electron chi connectivity index (χ3n) is 3.34. The number of carbonyl (C=O) groups is 1. The second-order valence-electron chi connectivity index (χ2n) is 5.28. The van der Waals surface area contributed by atoms with E-state index in [1.165, 1.54) is 36.4 Å². The number of allylic oxidation sites excluding steroid dienone is 3. The number of phenolic OH excluding ortho intramolecular Hbond substituents is 1. The van der Waals surface area contributed by atoms with Gasteiger partial charge in [0.15, 0.2) is 5.78 Å². The number of ketones is 1. The van der Waals surface area contributed by atoms with E-state index < -0.39 is 5.78 Å². The smallest absolute Gasteiger partial charge is 0.182 e. The van der Waals surface area contributed by atoms with Crippen LogP contribution < -0.4 is 0 Å². The molecule has 0 aliphatic rings. The molecule has 0 saturated heterocycles.